The van der Waals surface area contributed by atoms with Crippen molar-refractivity contribution in [3.63, 3.8) is 0 Å². The molecule has 0 unspecified atom stereocenters. The normalized spacial score (nSPS) is 13.0. The number of esters is 1. The van der Waals surface area contributed by atoms with E-state index in [0.717, 1.165) is 42.6 Å². The van der Waals surface area contributed by atoms with E-state index in [9.17, 15) is 9.59 Å². The molecule has 1 aromatic carbocycles. The number of ether oxygens (including phenoxy) is 2. The molecule has 1 N–H and O–H groups in total. The van der Waals surface area contributed by atoms with Gasteiger partial charge in [0.2, 0.25) is 5.91 Å². The quantitative estimate of drug-likeness (QED) is 0.494. The lowest BCUT2D eigenvalue weighted by atomic mass is 9.95. The highest BCUT2D eigenvalue weighted by molar-refractivity contribution is 7.17. The Morgan fingerprint density at radius 3 is 2.79 bits per heavy atom. The molecule has 7 heteroatoms. The van der Waals surface area contributed by atoms with Gasteiger partial charge in [0.25, 0.3) is 0 Å². The van der Waals surface area contributed by atoms with E-state index in [0.29, 0.717) is 35.0 Å². The smallest absolute Gasteiger partial charge is 0.341 e. The first kappa shape index (κ1) is 20.7. The summed E-state index contributed by atoms with van der Waals surface area (Å²) in [6.07, 6.45) is 4.88. The molecule has 1 amide bonds. The van der Waals surface area contributed by atoms with Crippen LogP contribution in [0, 0.1) is 6.92 Å². The van der Waals surface area contributed by atoms with Crippen molar-refractivity contribution in [2.75, 3.05) is 19.0 Å². The molecule has 5 nitrogen and oxygen atoms in total. The minimum Gasteiger partial charge on any atom is -0.494 e. The zero-order valence-electron chi connectivity index (χ0n) is 16.1. The lowest BCUT2D eigenvalue weighted by Gasteiger charge is -2.11. The number of rotatable bonds is 7. The fourth-order valence-corrected chi connectivity index (χ4v) is 4.70. The topological polar surface area (TPSA) is 64.6 Å². The van der Waals surface area contributed by atoms with Crippen LogP contribution in [0.1, 0.15) is 52.0 Å². The summed E-state index contributed by atoms with van der Waals surface area (Å²) in [5, 5.41) is 4.21. The van der Waals surface area contributed by atoms with Gasteiger partial charge >= 0.3 is 5.97 Å². The second kappa shape index (κ2) is 9.43. The van der Waals surface area contributed by atoms with E-state index in [-0.39, 0.29) is 11.9 Å². The Balaban J connectivity index is 1.55. The molecule has 0 fully saturated rings. The lowest BCUT2D eigenvalue weighted by Crippen LogP contribution is -2.15. The second-order valence-corrected chi connectivity index (χ2v) is 8.33. The fourth-order valence-electron chi connectivity index (χ4n) is 3.29. The molecule has 0 atom stereocenters. The summed E-state index contributed by atoms with van der Waals surface area (Å²) in [6, 6.07) is 5.49. The van der Waals surface area contributed by atoms with E-state index < -0.39 is 0 Å². The first-order valence-electron chi connectivity index (χ1n) is 9.41. The molecule has 150 valence electrons. The largest absolute Gasteiger partial charge is 0.494 e. The first-order chi connectivity index (χ1) is 13.5. The van der Waals surface area contributed by atoms with Crippen LogP contribution in [0.15, 0.2) is 18.2 Å². The lowest BCUT2D eigenvalue weighted by molar-refractivity contribution is -0.116. The Morgan fingerprint density at radius 1 is 1.25 bits per heavy atom. The van der Waals surface area contributed by atoms with Crippen LogP contribution < -0.4 is 10.1 Å². The molecule has 1 aliphatic carbocycles. The Hall–Kier alpha value is -2.05. The number of carbonyl (C=O) groups excluding carboxylic acids is 2. The van der Waals surface area contributed by atoms with Crippen molar-refractivity contribution in [1.82, 2.24) is 0 Å². The van der Waals surface area contributed by atoms with Crippen LogP contribution in [0.4, 0.5) is 5.00 Å². The number of benzene rings is 1. The summed E-state index contributed by atoms with van der Waals surface area (Å²) in [6.45, 7) is 2.35. The number of carbonyl (C=O) groups is 2. The van der Waals surface area contributed by atoms with Gasteiger partial charge in [0, 0.05) is 16.3 Å². The third-order valence-corrected chi connectivity index (χ3v) is 6.39. The van der Waals surface area contributed by atoms with Crippen LogP contribution >= 0.6 is 22.9 Å². The summed E-state index contributed by atoms with van der Waals surface area (Å²) in [5.41, 5.74) is 2.53. The number of methoxy groups -OCH3 is 1. The number of anilines is 1. The van der Waals surface area contributed by atoms with Crippen molar-refractivity contribution in [2.24, 2.45) is 0 Å². The van der Waals surface area contributed by atoms with E-state index in [1.165, 1.54) is 23.3 Å². The Morgan fingerprint density at radius 2 is 2.04 bits per heavy atom. The molecular weight excluding hydrogens is 398 g/mol. The predicted octanol–water partition coefficient (Wildman–Crippen LogP) is 5.17. The van der Waals surface area contributed by atoms with E-state index in [4.69, 9.17) is 21.1 Å². The van der Waals surface area contributed by atoms with Crippen molar-refractivity contribution >= 4 is 39.8 Å². The number of fused-ring (bicyclic) bond motifs is 1. The zero-order valence-corrected chi connectivity index (χ0v) is 17.7. The maximum atomic E-state index is 12.4. The summed E-state index contributed by atoms with van der Waals surface area (Å²) < 4.78 is 10.6. The first-order valence-corrected chi connectivity index (χ1v) is 10.6. The third kappa shape index (κ3) is 4.86. The van der Waals surface area contributed by atoms with Crippen molar-refractivity contribution in [3.05, 3.63) is 44.8 Å². The van der Waals surface area contributed by atoms with E-state index in [1.54, 1.807) is 6.07 Å². The van der Waals surface area contributed by atoms with Crippen LogP contribution in [-0.2, 0) is 22.4 Å². The van der Waals surface area contributed by atoms with Gasteiger partial charge in [0.15, 0.2) is 0 Å². The molecule has 1 aromatic heterocycles. The molecule has 0 saturated carbocycles. The van der Waals surface area contributed by atoms with Crippen molar-refractivity contribution in [1.29, 1.82) is 0 Å². The Labute approximate surface area is 174 Å². The highest BCUT2D eigenvalue weighted by atomic mass is 35.5. The Bertz CT molecular complexity index is 878. The van der Waals surface area contributed by atoms with Crippen molar-refractivity contribution < 1.29 is 19.1 Å². The third-order valence-electron chi connectivity index (χ3n) is 4.76. The molecule has 2 aromatic rings. The van der Waals surface area contributed by atoms with Crippen LogP contribution in [-0.4, -0.2) is 25.6 Å². The summed E-state index contributed by atoms with van der Waals surface area (Å²) in [7, 11) is 1.37. The minimum absolute atomic E-state index is 0.125. The molecule has 0 aliphatic heterocycles. The number of nitrogens with one attached hydrogen (secondary N) is 1. The van der Waals surface area contributed by atoms with Crippen LogP contribution in [0.25, 0.3) is 0 Å². The van der Waals surface area contributed by atoms with Gasteiger partial charge in [0.05, 0.1) is 19.3 Å². The summed E-state index contributed by atoms with van der Waals surface area (Å²) in [4.78, 5) is 25.8. The zero-order chi connectivity index (χ0) is 20.1. The van der Waals surface area contributed by atoms with Gasteiger partial charge in [-0.05, 0) is 68.4 Å². The molecule has 0 radical (unpaired) electrons. The van der Waals surface area contributed by atoms with Gasteiger partial charge in [-0.1, -0.05) is 11.6 Å². The van der Waals surface area contributed by atoms with Gasteiger partial charge in [0.1, 0.15) is 10.8 Å². The highest BCUT2D eigenvalue weighted by Gasteiger charge is 2.26. The monoisotopic (exact) mass is 421 g/mol. The fraction of sp³-hybridized carbons (Fsp3) is 0.429. The number of thiophene rings is 1. The van der Waals surface area contributed by atoms with E-state index in [2.05, 4.69) is 5.32 Å². The van der Waals surface area contributed by atoms with Gasteiger partial charge in [-0.2, -0.15) is 0 Å². The SMILES string of the molecule is COC(=O)c1c(NC(=O)CCCOc2ccc(Cl)c(C)c2)sc2c1CCCC2. The van der Waals surface area contributed by atoms with Crippen LogP contribution in [0.5, 0.6) is 5.75 Å². The molecule has 1 heterocycles. The molecule has 1 aliphatic rings. The number of amides is 1. The van der Waals surface area contributed by atoms with Crippen molar-refractivity contribution in [2.45, 2.75) is 45.4 Å². The molecule has 0 saturated heterocycles. The average Bonchev–Trinajstić information content (AvgIpc) is 3.05. The maximum absolute atomic E-state index is 12.4. The number of aryl methyl sites for hydroxylation is 2. The molecule has 0 bridgehead atoms. The standard InChI is InChI=1S/C21H24ClNO4S/c1-13-12-14(9-10-16(13)22)27-11-5-8-18(24)23-20-19(21(25)26-2)15-6-3-4-7-17(15)28-20/h9-10,12H,3-8,11H2,1-2H3,(H,23,24). The van der Waals surface area contributed by atoms with Crippen molar-refractivity contribution in [3.8, 4) is 5.75 Å². The minimum atomic E-state index is -0.379. The van der Waals surface area contributed by atoms with Crippen LogP contribution in [0.3, 0.4) is 0 Å². The highest BCUT2D eigenvalue weighted by Crippen LogP contribution is 2.38. The summed E-state index contributed by atoms with van der Waals surface area (Å²) in [5.74, 6) is 0.233. The van der Waals surface area contributed by atoms with Gasteiger partial charge in [-0.3, -0.25) is 4.79 Å². The molecule has 3 rings (SSSR count). The van der Waals surface area contributed by atoms with E-state index >= 15 is 0 Å². The summed E-state index contributed by atoms with van der Waals surface area (Å²) >= 11 is 7.50. The molecule has 28 heavy (non-hydrogen) atoms. The molecule has 0 spiro atoms. The predicted molar refractivity (Wildman–Crippen MR) is 112 cm³/mol. The average molecular weight is 422 g/mol. The maximum Gasteiger partial charge on any atom is 0.341 e. The number of halogens is 1. The number of hydrogen-bond acceptors (Lipinski definition) is 5. The number of hydrogen-bond donors (Lipinski definition) is 1. The van der Waals surface area contributed by atoms with Gasteiger partial charge < -0.3 is 14.8 Å². The Kier molecular flexibility index (Phi) is 6.97. The van der Waals surface area contributed by atoms with Crippen LogP contribution in [0.2, 0.25) is 5.02 Å². The van der Waals surface area contributed by atoms with Gasteiger partial charge in [-0.25, -0.2) is 4.79 Å². The second-order valence-electron chi connectivity index (χ2n) is 6.82. The van der Waals surface area contributed by atoms with E-state index in [1.807, 2.05) is 19.1 Å². The van der Waals surface area contributed by atoms with Gasteiger partial charge in [-0.15, -0.1) is 11.3 Å². The molecular formula is C21H24ClNO4S.